The van der Waals surface area contributed by atoms with Crippen molar-refractivity contribution in [1.82, 2.24) is 14.5 Å². The van der Waals surface area contributed by atoms with Crippen LogP contribution in [0.2, 0.25) is 0 Å². The van der Waals surface area contributed by atoms with E-state index in [9.17, 15) is 0 Å². The molecule has 0 aromatic carbocycles. The maximum absolute atomic E-state index is 6.22. The average molecular weight is 252 g/mol. The Morgan fingerprint density at radius 2 is 1.94 bits per heavy atom. The minimum atomic E-state index is -0.106. The number of hydrogen-bond acceptors (Lipinski definition) is 2. The monoisotopic (exact) mass is 251 g/mol. The minimum Gasteiger partial charge on any atom is -0.308 e. The van der Waals surface area contributed by atoms with Crippen LogP contribution in [0.3, 0.4) is 0 Å². The third-order valence-corrected chi connectivity index (χ3v) is 3.40. The van der Waals surface area contributed by atoms with Gasteiger partial charge in [0.2, 0.25) is 0 Å². The summed E-state index contributed by atoms with van der Waals surface area (Å²) < 4.78 is 2.16. The molecule has 0 bridgehead atoms. The summed E-state index contributed by atoms with van der Waals surface area (Å²) in [7, 11) is 0. The number of aromatic nitrogens is 3. The molecule has 2 unspecified atom stereocenters. The highest BCUT2D eigenvalue weighted by Crippen LogP contribution is 2.29. The molecule has 2 heterocycles. The summed E-state index contributed by atoms with van der Waals surface area (Å²) in [5.41, 5.74) is 1.85. The lowest BCUT2D eigenvalue weighted by atomic mass is 10.1. The number of pyridine rings is 1. The average Bonchev–Trinajstić information content (AvgIpc) is 2.67. The van der Waals surface area contributed by atoms with E-state index in [2.05, 4.69) is 35.3 Å². The third kappa shape index (κ3) is 2.16. The van der Waals surface area contributed by atoms with E-state index in [1.807, 2.05) is 19.1 Å². The molecule has 0 saturated heterocycles. The van der Waals surface area contributed by atoms with Crippen LogP contribution in [0, 0.1) is 5.92 Å². The van der Waals surface area contributed by atoms with Crippen molar-refractivity contribution >= 4 is 22.8 Å². The quantitative estimate of drug-likeness (QED) is 0.774. The Morgan fingerprint density at radius 3 is 2.53 bits per heavy atom. The van der Waals surface area contributed by atoms with E-state index in [1.54, 1.807) is 6.20 Å². The molecule has 3 nitrogen and oxygen atoms in total. The highest BCUT2D eigenvalue weighted by molar-refractivity contribution is 6.20. The van der Waals surface area contributed by atoms with Crippen LogP contribution in [-0.4, -0.2) is 14.5 Å². The fraction of sp³-hybridized carbons (Fsp3) is 0.538. The topological polar surface area (TPSA) is 30.7 Å². The first-order chi connectivity index (χ1) is 8.02. The smallest absolute Gasteiger partial charge is 0.160 e. The Kier molecular flexibility index (Phi) is 3.38. The number of fused-ring (bicyclic) bond motifs is 1. The minimum absolute atomic E-state index is 0.106. The maximum atomic E-state index is 6.22. The number of imidazole rings is 1. The number of rotatable bonds is 3. The fourth-order valence-electron chi connectivity index (χ4n) is 1.93. The first-order valence-electron chi connectivity index (χ1n) is 5.99. The summed E-state index contributed by atoms with van der Waals surface area (Å²) in [6, 6.07) is 4.22. The molecular formula is C13H18ClN3. The van der Waals surface area contributed by atoms with Crippen molar-refractivity contribution in [3.05, 3.63) is 24.2 Å². The molecule has 2 aromatic heterocycles. The SMILES string of the molecule is CC(Cl)c1nc2cccnc2n1C(C)C(C)C. The zero-order valence-corrected chi connectivity index (χ0v) is 11.4. The molecule has 0 fully saturated rings. The maximum Gasteiger partial charge on any atom is 0.160 e. The molecule has 4 heteroatoms. The Labute approximate surface area is 107 Å². The van der Waals surface area contributed by atoms with Gasteiger partial charge >= 0.3 is 0 Å². The van der Waals surface area contributed by atoms with Crippen molar-refractivity contribution in [2.24, 2.45) is 5.92 Å². The van der Waals surface area contributed by atoms with E-state index in [4.69, 9.17) is 11.6 Å². The second kappa shape index (κ2) is 4.65. The zero-order valence-electron chi connectivity index (χ0n) is 10.7. The molecule has 0 N–H and O–H groups in total. The van der Waals surface area contributed by atoms with Crippen molar-refractivity contribution in [2.75, 3.05) is 0 Å². The van der Waals surface area contributed by atoms with Gasteiger partial charge in [-0.2, -0.15) is 0 Å². The molecule has 0 radical (unpaired) electrons. The molecule has 2 aromatic rings. The number of halogens is 1. The molecule has 0 amide bonds. The number of alkyl halides is 1. The normalized spacial score (nSPS) is 15.4. The first kappa shape index (κ1) is 12.4. The lowest BCUT2D eigenvalue weighted by Crippen LogP contribution is -2.15. The predicted octanol–water partition coefficient (Wildman–Crippen LogP) is 3.95. The summed E-state index contributed by atoms with van der Waals surface area (Å²) in [4.78, 5) is 9.01. The summed E-state index contributed by atoms with van der Waals surface area (Å²) in [6.07, 6.45) is 1.80. The third-order valence-electron chi connectivity index (χ3n) is 3.20. The molecule has 0 aliphatic rings. The van der Waals surface area contributed by atoms with Gasteiger partial charge in [-0.05, 0) is 31.9 Å². The van der Waals surface area contributed by atoms with Crippen molar-refractivity contribution in [1.29, 1.82) is 0 Å². The Bertz CT molecular complexity index is 516. The van der Waals surface area contributed by atoms with Gasteiger partial charge in [-0.15, -0.1) is 11.6 Å². The van der Waals surface area contributed by atoms with Crippen molar-refractivity contribution in [3.8, 4) is 0 Å². The van der Waals surface area contributed by atoms with Gasteiger partial charge in [0.1, 0.15) is 11.3 Å². The van der Waals surface area contributed by atoms with E-state index in [0.717, 1.165) is 17.0 Å². The molecule has 0 aliphatic heterocycles. The Hall–Kier alpha value is -1.09. The summed E-state index contributed by atoms with van der Waals surface area (Å²) in [6.45, 7) is 8.53. The Balaban J connectivity index is 2.68. The largest absolute Gasteiger partial charge is 0.308 e. The van der Waals surface area contributed by atoms with Crippen LogP contribution >= 0.6 is 11.6 Å². The molecule has 2 atom stereocenters. The summed E-state index contributed by atoms with van der Waals surface area (Å²) in [5, 5.41) is -0.106. The Morgan fingerprint density at radius 1 is 1.24 bits per heavy atom. The lowest BCUT2D eigenvalue weighted by Gasteiger charge is -2.21. The van der Waals surface area contributed by atoms with E-state index < -0.39 is 0 Å². The second-order valence-corrected chi connectivity index (χ2v) is 5.44. The lowest BCUT2D eigenvalue weighted by molar-refractivity contribution is 0.404. The second-order valence-electron chi connectivity index (χ2n) is 4.79. The van der Waals surface area contributed by atoms with E-state index in [0.29, 0.717) is 12.0 Å². The van der Waals surface area contributed by atoms with E-state index in [1.165, 1.54) is 0 Å². The highest BCUT2D eigenvalue weighted by atomic mass is 35.5. The van der Waals surface area contributed by atoms with Gasteiger partial charge in [-0.1, -0.05) is 13.8 Å². The van der Waals surface area contributed by atoms with E-state index in [-0.39, 0.29) is 5.38 Å². The molecule has 0 saturated carbocycles. The molecule has 0 spiro atoms. The van der Waals surface area contributed by atoms with Crippen LogP contribution in [0.5, 0.6) is 0 Å². The number of hydrogen-bond donors (Lipinski definition) is 0. The predicted molar refractivity (Wildman–Crippen MR) is 71.3 cm³/mol. The van der Waals surface area contributed by atoms with Gasteiger partial charge in [0.05, 0.1) is 5.38 Å². The van der Waals surface area contributed by atoms with Crippen LogP contribution in [0.1, 0.15) is 44.9 Å². The van der Waals surface area contributed by atoms with Gasteiger partial charge in [0.15, 0.2) is 5.65 Å². The first-order valence-corrected chi connectivity index (χ1v) is 6.43. The molecule has 0 aliphatic carbocycles. The molecule has 2 rings (SSSR count). The molecular weight excluding hydrogens is 234 g/mol. The molecule has 92 valence electrons. The zero-order chi connectivity index (χ0) is 12.6. The van der Waals surface area contributed by atoms with Crippen molar-refractivity contribution < 1.29 is 0 Å². The summed E-state index contributed by atoms with van der Waals surface area (Å²) >= 11 is 6.22. The highest BCUT2D eigenvalue weighted by Gasteiger charge is 2.21. The van der Waals surface area contributed by atoms with Crippen LogP contribution in [0.15, 0.2) is 18.3 Å². The van der Waals surface area contributed by atoms with Gasteiger partial charge in [0.25, 0.3) is 0 Å². The van der Waals surface area contributed by atoms with Crippen LogP contribution in [-0.2, 0) is 0 Å². The van der Waals surface area contributed by atoms with Crippen LogP contribution in [0.25, 0.3) is 11.2 Å². The van der Waals surface area contributed by atoms with Gasteiger partial charge in [-0.3, -0.25) is 0 Å². The summed E-state index contributed by atoms with van der Waals surface area (Å²) in [5.74, 6) is 1.42. The van der Waals surface area contributed by atoms with E-state index >= 15 is 0 Å². The fourth-order valence-corrected chi connectivity index (χ4v) is 2.08. The van der Waals surface area contributed by atoms with Gasteiger partial charge < -0.3 is 4.57 Å². The van der Waals surface area contributed by atoms with Crippen LogP contribution < -0.4 is 0 Å². The van der Waals surface area contributed by atoms with Crippen LogP contribution in [0.4, 0.5) is 0 Å². The number of nitrogens with zero attached hydrogens (tertiary/aromatic N) is 3. The standard InChI is InChI=1S/C13H18ClN3/c1-8(2)10(4)17-12(9(3)14)16-11-6-5-7-15-13(11)17/h5-10H,1-4H3. The molecule has 17 heavy (non-hydrogen) atoms. The van der Waals surface area contributed by atoms with Gasteiger partial charge in [-0.25, -0.2) is 9.97 Å². The van der Waals surface area contributed by atoms with Crippen molar-refractivity contribution in [3.63, 3.8) is 0 Å². The van der Waals surface area contributed by atoms with Gasteiger partial charge in [0, 0.05) is 12.2 Å². The van der Waals surface area contributed by atoms with Crippen molar-refractivity contribution in [2.45, 2.75) is 39.1 Å².